The first-order valence-corrected chi connectivity index (χ1v) is 10.4. The number of anilines is 1. The number of nitrogens with zero attached hydrogens (tertiary/aromatic N) is 5. The summed E-state index contributed by atoms with van der Waals surface area (Å²) >= 11 is 1.18. The fourth-order valence-corrected chi connectivity index (χ4v) is 4.21. The number of tetrazole rings is 1. The Morgan fingerprint density at radius 2 is 1.94 bits per heavy atom. The molecule has 2 N–H and O–H groups in total. The third-order valence-electron chi connectivity index (χ3n) is 4.75. The van der Waals surface area contributed by atoms with Gasteiger partial charge in [0.05, 0.1) is 5.69 Å². The first-order chi connectivity index (χ1) is 15.1. The Morgan fingerprint density at radius 3 is 2.55 bits per heavy atom. The molecule has 9 heteroatoms. The first-order valence-electron chi connectivity index (χ1n) is 9.55. The van der Waals surface area contributed by atoms with E-state index in [0.717, 1.165) is 22.3 Å². The van der Waals surface area contributed by atoms with Crippen molar-refractivity contribution in [3.63, 3.8) is 0 Å². The predicted molar refractivity (Wildman–Crippen MR) is 120 cm³/mol. The molecule has 2 aromatic carbocycles. The number of aromatic carboxylic acids is 1. The third kappa shape index (κ3) is 4.36. The zero-order chi connectivity index (χ0) is 21.8. The maximum absolute atomic E-state index is 11.4. The van der Waals surface area contributed by atoms with E-state index in [4.69, 9.17) is 0 Å². The molecule has 0 bridgehead atoms. The van der Waals surface area contributed by atoms with Crippen LogP contribution in [-0.2, 0) is 6.54 Å². The lowest BCUT2D eigenvalue weighted by molar-refractivity contribution is 0.0701. The minimum Gasteiger partial charge on any atom is -0.477 e. The molecule has 0 atom stereocenters. The number of carbonyl (C=O) groups is 1. The summed E-state index contributed by atoms with van der Waals surface area (Å²) in [5, 5.41) is 24.3. The molecule has 4 aromatic rings. The summed E-state index contributed by atoms with van der Waals surface area (Å²) < 4.78 is 0. The van der Waals surface area contributed by atoms with Crippen LogP contribution >= 0.6 is 11.3 Å². The zero-order valence-corrected chi connectivity index (χ0v) is 17.6. The molecule has 0 radical (unpaired) electrons. The average Bonchev–Trinajstić information content (AvgIpc) is 3.44. The van der Waals surface area contributed by atoms with Crippen molar-refractivity contribution >= 4 is 22.4 Å². The highest BCUT2D eigenvalue weighted by molar-refractivity contribution is 7.17. The van der Waals surface area contributed by atoms with Crippen molar-refractivity contribution in [2.75, 3.05) is 11.4 Å². The summed E-state index contributed by atoms with van der Waals surface area (Å²) in [6.45, 7) is 6.68. The molecule has 0 spiro atoms. The van der Waals surface area contributed by atoms with Crippen LogP contribution in [0.3, 0.4) is 0 Å². The van der Waals surface area contributed by atoms with E-state index < -0.39 is 5.97 Å². The molecule has 0 aliphatic carbocycles. The minimum atomic E-state index is -0.954. The molecular weight excluding hydrogens is 412 g/mol. The van der Waals surface area contributed by atoms with Gasteiger partial charge in [-0.05, 0) is 28.8 Å². The van der Waals surface area contributed by atoms with E-state index >= 15 is 0 Å². The molecule has 156 valence electrons. The van der Waals surface area contributed by atoms with E-state index in [1.54, 1.807) is 13.0 Å². The lowest BCUT2D eigenvalue weighted by Gasteiger charge is -2.20. The molecule has 0 aliphatic heterocycles. The summed E-state index contributed by atoms with van der Waals surface area (Å²) in [6.07, 6.45) is 1.78. The quantitative estimate of drug-likeness (QED) is 0.402. The number of carboxylic acids is 1. The second kappa shape index (κ2) is 8.88. The maximum atomic E-state index is 11.4. The first kappa shape index (κ1) is 20.4. The lowest BCUT2D eigenvalue weighted by Crippen LogP contribution is -2.22. The fourth-order valence-electron chi connectivity index (χ4n) is 3.30. The number of hydrogen-bond donors (Lipinski definition) is 2. The molecule has 0 saturated heterocycles. The summed E-state index contributed by atoms with van der Waals surface area (Å²) in [4.78, 5) is 18.1. The van der Waals surface area contributed by atoms with Gasteiger partial charge in [-0.2, -0.15) is 5.21 Å². The number of H-pyrrole nitrogens is 1. The number of thiazole rings is 1. The monoisotopic (exact) mass is 432 g/mol. The van der Waals surface area contributed by atoms with Gasteiger partial charge in [-0.3, -0.25) is 0 Å². The fraction of sp³-hybridized carbons (Fsp3) is 0.136. The van der Waals surface area contributed by atoms with E-state index in [2.05, 4.69) is 56.5 Å². The molecule has 31 heavy (non-hydrogen) atoms. The van der Waals surface area contributed by atoms with Gasteiger partial charge in [0, 0.05) is 18.7 Å². The van der Waals surface area contributed by atoms with Crippen molar-refractivity contribution in [3.05, 3.63) is 77.3 Å². The number of aromatic amines is 1. The summed E-state index contributed by atoms with van der Waals surface area (Å²) in [5.41, 5.74) is 4.55. The number of aromatic nitrogens is 5. The van der Waals surface area contributed by atoms with Crippen LogP contribution in [0.4, 0.5) is 5.13 Å². The van der Waals surface area contributed by atoms with Crippen LogP contribution in [0.5, 0.6) is 0 Å². The third-order valence-corrected chi connectivity index (χ3v) is 5.96. The number of benzene rings is 2. The lowest BCUT2D eigenvalue weighted by atomic mass is 9.98. The number of carboxylic acid groups (broad SMARTS) is 1. The van der Waals surface area contributed by atoms with Gasteiger partial charge in [-0.1, -0.05) is 65.9 Å². The highest BCUT2D eigenvalue weighted by Gasteiger charge is 2.18. The van der Waals surface area contributed by atoms with Crippen LogP contribution in [-0.4, -0.2) is 43.2 Å². The van der Waals surface area contributed by atoms with Crippen LogP contribution in [0.1, 0.15) is 20.9 Å². The maximum Gasteiger partial charge on any atom is 0.347 e. The Balaban J connectivity index is 1.59. The van der Waals surface area contributed by atoms with E-state index in [9.17, 15) is 9.90 Å². The zero-order valence-electron chi connectivity index (χ0n) is 16.8. The average molecular weight is 433 g/mol. The van der Waals surface area contributed by atoms with Gasteiger partial charge in [0.2, 0.25) is 5.82 Å². The molecule has 8 nitrogen and oxygen atoms in total. The van der Waals surface area contributed by atoms with Crippen molar-refractivity contribution in [3.8, 4) is 22.5 Å². The summed E-state index contributed by atoms with van der Waals surface area (Å²) in [5.74, 6) is -0.408. The largest absolute Gasteiger partial charge is 0.477 e. The van der Waals surface area contributed by atoms with Crippen molar-refractivity contribution in [2.24, 2.45) is 0 Å². The number of aryl methyl sites for hydroxylation is 1. The van der Waals surface area contributed by atoms with Crippen molar-refractivity contribution in [1.29, 1.82) is 0 Å². The van der Waals surface area contributed by atoms with E-state index in [1.165, 1.54) is 11.3 Å². The van der Waals surface area contributed by atoms with Gasteiger partial charge in [-0.25, -0.2) is 9.78 Å². The van der Waals surface area contributed by atoms with Gasteiger partial charge >= 0.3 is 5.97 Å². The van der Waals surface area contributed by atoms with Gasteiger partial charge in [-0.15, -0.1) is 16.8 Å². The molecule has 4 rings (SSSR count). The molecule has 0 amide bonds. The Hall–Kier alpha value is -3.85. The standard InChI is InChI=1S/C22H20N6O2S/c1-3-12-28(22-23-14(2)19(31-22)21(29)30)13-15-8-10-16(11-9-15)17-6-4-5-7-18(17)20-24-26-27-25-20/h3-11H,1,12-13H2,2H3,(H,29,30)(H,24,25,26,27). The Bertz CT molecular complexity index is 1200. The van der Waals surface area contributed by atoms with Crippen LogP contribution in [0.2, 0.25) is 0 Å². The highest BCUT2D eigenvalue weighted by Crippen LogP contribution is 2.31. The number of hydrogen-bond acceptors (Lipinski definition) is 7. The number of nitrogens with one attached hydrogen (secondary N) is 1. The molecule has 0 fully saturated rings. The van der Waals surface area contributed by atoms with Crippen LogP contribution < -0.4 is 4.90 Å². The normalized spacial score (nSPS) is 10.7. The van der Waals surface area contributed by atoms with E-state index in [0.29, 0.717) is 29.7 Å². The molecule has 2 heterocycles. The van der Waals surface area contributed by atoms with Crippen LogP contribution in [0.25, 0.3) is 22.5 Å². The minimum absolute atomic E-state index is 0.262. The predicted octanol–water partition coefficient (Wildman–Crippen LogP) is 4.19. The van der Waals surface area contributed by atoms with Gasteiger partial charge < -0.3 is 10.0 Å². The Kier molecular flexibility index (Phi) is 5.85. The molecule has 0 saturated carbocycles. The van der Waals surface area contributed by atoms with Crippen LogP contribution in [0.15, 0.2) is 61.2 Å². The van der Waals surface area contributed by atoms with Crippen molar-refractivity contribution in [1.82, 2.24) is 25.6 Å². The van der Waals surface area contributed by atoms with E-state index in [-0.39, 0.29) is 4.88 Å². The number of rotatable bonds is 8. The smallest absolute Gasteiger partial charge is 0.347 e. The highest BCUT2D eigenvalue weighted by atomic mass is 32.1. The second-order valence-corrected chi connectivity index (χ2v) is 7.84. The molecule has 2 aromatic heterocycles. The van der Waals surface area contributed by atoms with E-state index in [1.807, 2.05) is 29.2 Å². The molecular formula is C22H20N6O2S. The SMILES string of the molecule is C=CCN(Cc1ccc(-c2ccccc2-c2nn[nH]n2)cc1)c1nc(C)c(C(=O)O)s1. The topological polar surface area (TPSA) is 108 Å². The van der Waals surface area contributed by atoms with Crippen molar-refractivity contribution in [2.45, 2.75) is 13.5 Å². The summed E-state index contributed by atoms with van der Waals surface area (Å²) in [7, 11) is 0. The summed E-state index contributed by atoms with van der Waals surface area (Å²) in [6, 6.07) is 16.1. The molecule has 0 unspecified atom stereocenters. The molecule has 0 aliphatic rings. The Labute approximate surface area is 182 Å². The Morgan fingerprint density at radius 1 is 1.19 bits per heavy atom. The van der Waals surface area contributed by atoms with Gasteiger partial charge in [0.15, 0.2) is 5.13 Å². The van der Waals surface area contributed by atoms with Gasteiger partial charge in [0.25, 0.3) is 0 Å². The second-order valence-electron chi connectivity index (χ2n) is 6.86. The van der Waals surface area contributed by atoms with Gasteiger partial charge in [0.1, 0.15) is 4.88 Å². The van der Waals surface area contributed by atoms with Crippen molar-refractivity contribution < 1.29 is 9.90 Å². The van der Waals surface area contributed by atoms with Crippen LogP contribution in [0, 0.1) is 6.92 Å².